The van der Waals surface area contributed by atoms with Gasteiger partial charge in [-0.05, 0) is 55.5 Å². The predicted octanol–water partition coefficient (Wildman–Crippen LogP) is 2.60. The van der Waals surface area contributed by atoms with E-state index >= 15 is 0 Å². The maximum atomic E-state index is 9.98. The number of aromatic hydroxyl groups is 1. The number of phenols is 1. The number of hydrogen-bond donors (Lipinski definition) is 2. The van der Waals surface area contributed by atoms with Crippen molar-refractivity contribution in [3.8, 4) is 5.75 Å². The number of aryl methyl sites for hydroxylation is 1. The minimum atomic E-state index is -0.112. The Kier molecular flexibility index (Phi) is 2.81. The van der Waals surface area contributed by atoms with Crippen LogP contribution in [0.4, 0.5) is 0 Å². The van der Waals surface area contributed by atoms with Gasteiger partial charge in [0.05, 0.1) is 6.04 Å². The largest absolute Gasteiger partial charge is 0.508 e. The third-order valence-electron chi connectivity index (χ3n) is 4.45. The van der Waals surface area contributed by atoms with Gasteiger partial charge in [0, 0.05) is 11.6 Å². The fourth-order valence-corrected chi connectivity index (χ4v) is 3.06. The number of nitrogens with zero attached hydrogens (tertiary/aromatic N) is 2. The second-order valence-electron chi connectivity index (χ2n) is 6.15. The Labute approximate surface area is 129 Å². The molecule has 1 aromatic rings. The van der Waals surface area contributed by atoms with Gasteiger partial charge in [0.1, 0.15) is 11.9 Å². The molecule has 5 heteroatoms. The minimum Gasteiger partial charge on any atom is -0.508 e. The first-order valence-electron chi connectivity index (χ1n) is 7.57. The normalized spacial score (nSPS) is 23.1. The van der Waals surface area contributed by atoms with Crippen LogP contribution in [0.3, 0.4) is 0 Å². The molecule has 1 atom stereocenters. The first-order chi connectivity index (χ1) is 10.5. The van der Waals surface area contributed by atoms with E-state index in [9.17, 15) is 5.11 Å². The van der Waals surface area contributed by atoms with Gasteiger partial charge < -0.3 is 9.84 Å². The minimum absolute atomic E-state index is 0.112. The molecule has 1 fully saturated rings. The van der Waals surface area contributed by atoms with Crippen LogP contribution < -0.4 is 5.84 Å². The molecule has 2 aliphatic heterocycles. The Morgan fingerprint density at radius 2 is 2.09 bits per heavy atom. The van der Waals surface area contributed by atoms with Crippen molar-refractivity contribution in [3.63, 3.8) is 0 Å². The summed E-state index contributed by atoms with van der Waals surface area (Å²) in [6.07, 6.45) is 6.57. The SMILES string of the molecule is Cc1ccc(O)c(C)c1C1C=C2C=C(OC3CC3)N=C2N1N. The van der Waals surface area contributed by atoms with E-state index in [1.807, 2.05) is 26.0 Å². The van der Waals surface area contributed by atoms with Crippen molar-refractivity contribution in [2.75, 3.05) is 0 Å². The number of fused-ring (bicyclic) bond motifs is 1. The summed E-state index contributed by atoms with van der Waals surface area (Å²) in [5.74, 6) is 7.96. The topological polar surface area (TPSA) is 71.1 Å². The van der Waals surface area contributed by atoms with Crippen LogP contribution >= 0.6 is 0 Å². The van der Waals surface area contributed by atoms with Gasteiger partial charge in [-0.2, -0.15) is 4.99 Å². The lowest BCUT2D eigenvalue weighted by Crippen LogP contribution is -2.36. The summed E-state index contributed by atoms with van der Waals surface area (Å²) in [5.41, 5.74) is 3.98. The molecule has 1 aliphatic carbocycles. The van der Waals surface area contributed by atoms with Crippen LogP contribution in [0.1, 0.15) is 35.6 Å². The summed E-state index contributed by atoms with van der Waals surface area (Å²) in [6, 6.07) is 3.52. The molecular formula is C17H19N3O2. The van der Waals surface area contributed by atoms with Crippen LogP contribution in [-0.2, 0) is 4.74 Å². The number of amidine groups is 1. The number of nitrogens with two attached hydrogens (primary N) is 1. The number of rotatable bonds is 3. The van der Waals surface area contributed by atoms with E-state index in [4.69, 9.17) is 10.6 Å². The van der Waals surface area contributed by atoms with Crippen LogP contribution in [0.2, 0.25) is 0 Å². The fraction of sp³-hybridized carbons (Fsp3) is 0.353. The number of ether oxygens (including phenoxy) is 1. The van der Waals surface area contributed by atoms with Crippen molar-refractivity contribution in [1.82, 2.24) is 5.01 Å². The van der Waals surface area contributed by atoms with Crippen molar-refractivity contribution in [1.29, 1.82) is 0 Å². The second kappa shape index (κ2) is 4.61. The third-order valence-corrected chi connectivity index (χ3v) is 4.45. The van der Waals surface area contributed by atoms with Crippen molar-refractivity contribution in [3.05, 3.63) is 52.4 Å². The standard InChI is InChI=1S/C17H19N3O2/c1-9-3-6-14(21)10(2)16(9)13-7-11-8-15(22-12-4-5-12)19-17(11)20(13)18/h3,6-8,12-13,21H,4-5,18H2,1-2H3. The summed E-state index contributed by atoms with van der Waals surface area (Å²) >= 11 is 0. The van der Waals surface area contributed by atoms with E-state index < -0.39 is 0 Å². The molecule has 2 heterocycles. The van der Waals surface area contributed by atoms with E-state index in [2.05, 4.69) is 11.1 Å². The average molecular weight is 297 g/mol. The molecule has 0 saturated heterocycles. The van der Waals surface area contributed by atoms with Gasteiger partial charge in [-0.3, -0.25) is 5.01 Å². The van der Waals surface area contributed by atoms with Gasteiger partial charge in [0.15, 0.2) is 5.84 Å². The van der Waals surface area contributed by atoms with Crippen LogP contribution in [0.25, 0.3) is 0 Å². The molecule has 0 radical (unpaired) electrons. The zero-order valence-electron chi connectivity index (χ0n) is 12.7. The Balaban J connectivity index is 1.69. The molecular weight excluding hydrogens is 278 g/mol. The highest BCUT2D eigenvalue weighted by molar-refractivity contribution is 6.05. The number of hydrazine groups is 1. The molecule has 0 bridgehead atoms. The van der Waals surface area contributed by atoms with E-state index in [1.54, 1.807) is 11.1 Å². The van der Waals surface area contributed by atoms with Crippen LogP contribution in [0, 0.1) is 13.8 Å². The first kappa shape index (κ1) is 13.4. The number of hydrogen-bond acceptors (Lipinski definition) is 5. The van der Waals surface area contributed by atoms with E-state index in [1.165, 1.54) is 0 Å². The summed E-state index contributed by atoms with van der Waals surface area (Å²) < 4.78 is 5.73. The van der Waals surface area contributed by atoms with E-state index in [0.717, 1.165) is 40.9 Å². The van der Waals surface area contributed by atoms with Crippen LogP contribution in [0.5, 0.6) is 5.75 Å². The molecule has 114 valence electrons. The lowest BCUT2D eigenvalue weighted by molar-refractivity contribution is 0.195. The lowest BCUT2D eigenvalue weighted by atomic mass is 9.95. The molecule has 3 aliphatic rings. The van der Waals surface area contributed by atoms with Gasteiger partial charge >= 0.3 is 0 Å². The molecule has 4 rings (SSSR count). The third kappa shape index (κ3) is 2.01. The summed E-state index contributed by atoms with van der Waals surface area (Å²) in [6.45, 7) is 3.94. The monoisotopic (exact) mass is 297 g/mol. The molecule has 0 spiro atoms. The Morgan fingerprint density at radius 3 is 2.77 bits per heavy atom. The van der Waals surface area contributed by atoms with Crippen molar-refractivity contribution < 1.29 is 9.84 Å². The van der Waals surface area contributed by atoms with Gasteiger partial charge in [-0.1, -0.05) is 6.07 Å². The Hall–Kier alpha value is -2.27. The maximum Gasteiger partial charge on any atom is 0.216 e. The maximum absolute atomic E-state index is 9.98. The fourth-order valence-electron chi connectivity index (χ4n) is 3.06. The van der Waals surface area contributed by atoms with Crippen LogP contribution in [-0.4, -0.2) is 22.1 Å². The van der Waals surface area contributed by atoms with E-state index in [-0.39, 0.29) is 6.04 Å². The van der Waals surface area contributed by atoms with Gasteiger partial charge in [0.25, 0.3) is 0 Å². The highest BCUT2D eigenvalue weighted by Crippen LogP contribution is 2.39. The van der Waals surface area contributed by atoms with Gasteiger partial charge in [0.2, 0.25) is 5.88 Å². The molecule has 3 N–H and O–H groups in total. The molecule has 0 amide bonds. The molecule has 22 heavy (non-hydrogen) atoms. The van der Waals surface area contributed by atoms with Crippen LogP contribution in [0.15, 0.2) is 40.7 Å². The van der Waals surface area contributed by atoms with Crippen molar-refractivity contribution in [2.24, 2.45) is 10.8 Å². The molecule has 1 saturated carbocycles. The van der Waals surface area contributed by atoms with E-state index in [0.29, 0.717) is 17.7 Å². The predicted molar refractivity (Wildman–Crippen MR) is 84.1 cm³/mol. The summed E-state index contributed by atoms with van der Waals surface area (Å²) in [5, 5.41) is 11.6. The highest BCUT2D eigenvalue weighted by Gasteiger charge is 2.35. The van der Waals surface area contributed by atoms with Crippen molar-refractivity contribution in [2.45, 2.75) is 38.8 Å². The zero-order chi connectivity index (χ0) is 15.4. The lowest BCUT2D eigenvalue weighted by Gasteiger charge is -2.25. The highest BCUT2D eigenvalue weighted by atomic mass is 16.5. The molecule has 1 unspecified atom stereocenters. The van der Waals surface area contributed by atoms with Crippen molar-refractivity contribution >= 4 is 5.84 Å². The Morgan fingerprint density at radius 1 is 1.32 bits per heavy atom. The first-order valence-corrected chi connectivity index (χ1v) is 7.57. The Bertz CT molecular complexity index is 745. The number of aliphatic imine (C=N–C) groups is 1. The summed E-state index contributed by atoms with van der Waals surface area (Å²) in [7, 11) is 0. The van der Waals surface area contributed by atoms with Gasteiger partial charge in [-0.15, -0.1) is 0 Å². The van der Waals surface area contributed by atoms with Gasteiger partial charge in [-0.25, -0.2) is 5.84 Å². The molecule has 0 aromatic heterocycles. The smallest absolute Gasteiger partial charge is 0.216 e. The average Bonchev–Trinajstić information content (AvgIpc) is 3.13. The number of benzene rings is 1. The quantitative estimate of drug-likeness (QED) is 0.841. The zero-order valence-corrected chi connectivity index (χ0v) is 12.7. The molecule has 5 nitrogen and oxygen atoms in total. The summed E-state index contributed by atoms with van der Waals surface area (Å²) in [4.78, 5) is 4.49. The molecule has 1 aromatic carbocycles. The second-order valence-corrected chi connectivity index (χ2v) is 6.15. The number of phenolic OH excluding ortho intramolecular Hbond substituents is 1.